The minimum Gasteiger partial charge on any atom is -0.380 e. The van der Waals surface area contributed by atoms with E-state index in [1.54, 1.807) is 0 Å². The molecule has 1 N–H and O–H groups in total. The summed E-state index contributed by atoms with van der Waals surface area (Å²) in [6, 6.07) is 0. The van der Waals surface area contributed by atoms with Gasteiger partial charge in [-0.05, 0) is 44.6 Å². The third kappa shape index (κ3) is 5.81. The van der Waals surface area contributed by atoms with Gasteiger partial charge in [0.25, 0.3) is 5.91 Å². The van der Waals surface area contributed by atoms with Crippen LogP contribution in [0.25, 0.3) is 0 Å². The lowest BCUT2D eigenvalue weighted by Crippen LogP contribution is -2.55. The highest BCUT2D eigenvalue weighted by molar-refractivity contribution is 6.41. The average molecular weight is 416 g/mol. The molecule has 0 atom stereocenters. The van der Waals surface area contributed by atoms with Crippen LogP contribution in [0.15, 0.2) is 28.5 Å². The maximum atomic E-state index is 13.6. The predicted octanol–water partition coefficient (Wildman–Crippen LogP) is 3.92. The number of aliphatic imine (C=N–C) groups is 1. The van der Waals surface area contributed by atoms with Gasteiger partial charge in [0.2, 0.25) is 0 Å². The molecule has 6 heteroatoms. The van der Waals surface area contributed by atoms with Crippen molar-refractivity contribution in [1.29, 1.82) is 0 Å². The van der Waals surface area contributed by atoms with E-state index in [2.05, 4.69) is 15.2 Å². The standard InChI is InChI=1S/C24H37N3O3/c1-3-5-10-20(21(28)4-2)25-23(29)24(13-7-6-8-14-24)26-22(19-11-12-19)27-15-9-17-30-18-16-27/h3,5,26H,4,6-18H2,1-2H3/b5-3+,25-20?. The van der Waals surface area contributed by atoms with Crippen molar-refractivity contribution in [2.75, 3.05) is 26.3 Å². The fraction of sp³-hybridized carbons (Fsp3) is 0.708. The van der Waals surface area contributed by atoms with Gasteiger partial charge < -0.3 is 15.0 Å². The van der Waals surface area contributed by atoms with Gasteiger partial charge in [-0.1, -0.05) is 38.3 Å². The number of nitrogens with zero attached hydrogens (tertiary/aromatic N) is 2. The Morgan fingerprint density at radius 1 is 1.13 bits per heavy atom. The summed E-state index contributed by atoms with van der Waals surface area (Å²) in [5, 5.41) is 3.71. The fourth-order valence-corrected chi connectivity index (χ4v) is 4.32. The van der Waals surface area contributed by atoms with Crippen LogP contribution in [0.5, 0.6) is 0 Å². The number of ketones is 1. The van der Waals surface area contributed by atoms with Crippen molar-refractivity contribution in [3.63, 3.8) is 0 Å². The van der Waals surface area contributed by atoms with Crippen molar-refractivity contribution >= 4 is 17.4 Å². The van der Waals surface area contributed by atoms with Gasteiger partial charge in [-0.15, -0.1) is 0 Å². The number of allylic oxidation sites excluding steroid dienone is 3. The number of hydrogen-bond acceptors (Lipinski definition) is 5. The second-order valence-corrected chi connectivity index (χ2v) is 8.59. The molecule has 0 radical (unpaired) electrons. The van der Waals surface area contributed by atoms with E-state index in [1.165, 1.54) is 5.57 Å². The molecule has 0 spiro atoms. The van der Waals surface area contributed by atoms with Crippen molar-refractivity contribution in [3.05, 3.63) is 23.5 Å². The number of rotatable bonds is 8. The molecule has 0 aromatic heterocycles. The van der Waals surface area contributed by atoms with Gasteiger partial charge in [-0.25, -0.2) is 4.99 Å². The molecule has 30 heavy (non-hydrogen) atoms. The quantitative estimate of drug-likeness (QED) is 0.481. The molecule has 1 heterocycles. The largest absolute Gasteiger partial charge is 0.380 e. The molecule has 2 saturated carbocycles. The molecule has 1 amide bonds. The summed E-state index contributed by atoms with van der Waals surface area (Å²) in [7, 11) is 0. The first-order chi connectivity index (χ1) is 14.6. The molecule has 0 bridgehead atoms. The average Bonchev–Trinajstić information content (AvgIpc) is 3.62. The molecular formula is C24H37N3O3. The van der Waals surface area contributed by atoms with E-state index in [0.29, 0.717) is 18.6 Å². The molecule has 2 aliphatic carbocycles. The maximum absolute atomic E-state index is 13.6. The molecule has 6 nitrogen and oxygen atoms in total. The van der Waals surface area contributed by atoms with E-state index >= 15 is 0 Å². The first kappa shape index (κ1) is 22.7. The summed E-state index contributed by atoms with van der Waals surface area (Å²) in [5.41, 5.74) is 1.08. The number of carbonyl (C=O) groups is 2. The lowest BCUT2D eigenvalue weighted by molar-refractivity contribution is -0.125. The number of carbonyl (C=O) groups excluding carboxylic acids is 2. The SMILES string of the molecule is C/C=C/CC(=NC(=O)C1(NC(=C2CC2)N2CCCOCC2)CCCCC1)C(=O)CC. The maximum Gasteiger partial charge on any atom is 0.271 e. The van der Waals surface area contributed by atoms with E-state index in [9.17, 15) is 9.59 Å². The van der Waals surface area contributed by atoms with Crippen LogP contribution < -0.4 is 5.32 Å². The van der Waals surface area contributed by atoms with Gasteiger partial charge in [0.05, 0.1) is 12.3 Å². The zero-order valence-corrected chi connectivity index (χ0v) is 18.7. The summed E-state index contributed by atoms with van der Waals surface area (Å²) >= 11 is 0. The van der Waals surface area contributed by atoms with Crippen LogP contribution in [0.2, 0.25) is 0 Å². The number of nitrogens with one attached hydrogen (secondary N) is 1. The normalized spacial score (nSPS) is 22.0. The van der Waals surface area contributed by atoms with Crippen LogP contribution in [-0.4, -0.2) is 54.1 Å². The summed E-state index contributed by atoms with van der Waals surface area (Å²) in [6.07, 6.45) is 12.5. The highest BCUT2D eigenvalue weighted by Crippen LogP contribution is 2.37. The second kappa shape index (κ2) is 10.9. The molecule has 166 valence electrons. The zero-order valence-electron chi connectivity index (χ0n) is 18.7. The lowest BCUT2D eigenvalue weighted by Gasteiger charge is -2.40. The van der Waals surface area contributed by atoms with Gasteiger partial charge in [0, 0.05) is 32.5 Å². The van der Waals surface area contributed by atoms with E-state index in [-0.39, 0.29) is 11.7 Å². The highest BCUT2D eigenvalue weighted by Gasteiger charge is 2.42. The van der Waals surface area contributed by atoms with E-state index < -0.39 is 5.54 Å². The third-order valence-corrected chi connectivity index (χ3v) is 6.27. The molecule has 3 rings (SSSR count). The Hall–Kier alpha value is -1.95. The molecule has 3 aliphatic rings. The Morgan fingerprint density at radius 3 is 2.57 bits per heavy atom. The summed E-state index contributed by atoms with van der Waals surface area (Å²) in [4.78, 5) is 32.7. The topological polar surface area (TPSA) is 71.0 Å². The van der Waals surface area contributed by atoms with Gasteiger partial charge in [0.15, 0.2) is 5.78 Å². The Balaban J connectivity index is 1.87. The monoisotopic (exact) mass is 415 g/mol. The van der Waals surface area contributed by atoms with Crippen molar-refractivity contribution in [1.82, 2.24) is 10.2 Å². The molecule has 0 unspecified atom stereocenters. The van der Waals surface area contributed by atoms with Crippen molar-refractivity contribution < 1.29 is 14.3 Å². The number of ether oxygens (including phenoxy) is 1. The smallest absolute Gasteiger partial charge is 0.271 e. The minimum absolute atomic E-state index is 0.0437. The molecular weight excluding hydrogens is 378 g/mol. The van der Waals surface area contributed by atoms with Crippen LogP contribution in [0, 0.1) is 0 Å². The number of hydrogen-bond donors (Lipinski definition) is 1. The fourth-order valence-electron chi connectivity index (χ4n) is 4.32. The van der Waals surface area contributed by atoms with Crippen molar-refractivity contribution in [2.45, 2.75) is 83.6 Å². The number of amides is 1. The summed E-state index contributed by atoms with van der Waals surface area (Å²) < 4.78 is 5.64. The molecule has 0 aromatic rings. The molecule has 1 saturated heterocycles. The van der Waals surface area contributed by atoms with Gasteiger partial charge >= 0.3 is 0 Å². The highest BCUT2D eigenvalue weighted by atomic mass is 16.5. The van der Waals surface area contributed by atoms with Gasteiger partial charge in [-0.2, -0.15) is 0 Å². The minimum atomic E-state index is -0.703. The van der Waals surface area contributed by atoms with E-state index in [0.717, 1.165) is 83.5 Å². The van der Waals surface area contributed by atoms with Crippen LogP contribution in [0.4, 0.5) is 0 Å². The molecule has 1 aliphatic heterocycles. The first-order valence-electron chi connectivity index (χ1n) is 11.7. The Bertz CT molecular complexity index is 703. The predicted molar refractivity (Wildman–Crippen MR) is 119 cm³/mol. The van der Waals surface area contributed by atoms with Crippen LogP contribution >= 0.6 is 0 Å². The molecule has 3 fully saturated rings. The number of Topliss-reactive ketones (excluding diaryl/α,β-unsaturated/α-hetero) is 1. The van der Waals surface area contributed by atoms with E-state index in [4.69, 9.17) is 4.74 Å². The Morgan fingerprint density at radius 2 is 1.90 bits per heavy atom. The van der Waals surface area contributed by atoms with Crippen molar-refractivity contribution in [3.8, 4) is 0 Å². The van der Waals surface area contributed by atoms with Gasteiger partial charge in [-0.3, -0.25) is 9.59 Å². The Kier molecular flexibility index (Phi) is 8.25. The van der Waals surface area contributed by atoms with E-state index in [1.807, 2.05) is 26.0 Å². The van der Waals surface area contributed by atoms with Crippen LogP contribution in [0.3, 0.4) is 0 Å². The molecule has 0 aromatic carbocycles. The third-order valence-electron chi connectivity index (χ3n) is 6.27. The zero-order chi connectivity index (χ0) is 21.4. The van der Waals surface area contributed by atoms with Crippen LogP contribution in [-0.2, 0) is 14.3 Å². The first-order valence-corrected chi connectivity index (χ1v) is 11.7. The van der Waals surface area contributed by atoms with Gasteiger partial charge in [0.1, 0.15) is 11.4 Å². The lowest BCUT2D eigenvalue weighted by atomic mass is 9.80. The summed E-state index contributed by atoms with van der Waals surface area (Å²) in [6.45, 7) is 7.04. The summed E-state index contributed by atoms with van der Waals surface area (Å²) in [5.74, 6) is 0.911. The second-order valence-electron chi connectivity index (χ2n) is 8.59. The van der Waals surface area contributed by atoms with Crippen LogP contribution in [0.1, 0.15) is 78.1 Å². The van der Waals surface area contributed by atoms with Crippen molar-refractivity contribution in [2.24, 2.45) is 4.99 Å². The Labute approximate surface area is 180 Å².